The summed E-state index contributed by atoms with van der Waals surface area (Å²) in [6, 6.07) is 4.91. The van der Waals surface area contributed by atoms with Gasteiger partial charge in [0, 0.05) is 25.2 Å². The minimum absolute atomic E-state index is 0.0874. The molecule has 0 fully saturated rings. The van der Waals surface area contributed by atoms with Gasteiger partial charge in [0.25, 0.3) is 5.69 Å². The van der Waals surface area contributed by atoms with E-state index in [1.54, 1.807) is 19.1 Å². The van der Waals surface area contributed by atoms with Gasteiger partial charge >= 0.3 is 0 Å². The number of nitro groups is 1. The summed E-state index contributed by atoms with van der Waals surface area (Å²) in [5, 5.41) is 20.5. The third-order valence-electron chi connectivity index (χ3n) is 1.88. The number of nitrogens with zero attached hydrogens (tertiary/aromatic N) is 2. The van der Waals surface area contributed by atoms with Crippen LogP contribution in [0.4, 0.5) is 5.69 Å². The third kappa shape index (κ3) is 2.51. The predicted octanol–water partition coefficient (Wildman–Crippen LogP) is 1.72. The zero-order valence-electron chi connectivity index (χ0n) is 8.10. The smallest absolute Gasteiger partial charge is 0.272 e. The van der Waals surface area contributed by atoms with Crippen molar-refractivity contribution in [3.63, 3.8) is 0 Å². The highest BCUT2D eigenvalue weighted by Crippen LogP contribution is 2.19. The molecule has 0 aromatic heterocycles. The topological polar surface area (TPSA) is 66.6 Å². The highest BCUT2D eigenvalue weighted by Gasteiger charge is 2.11. The second-order valence-electron chi connectivity index (χ2n) is 3.19. The van der Waals surface area contributed by atoms with E-state index in [-0.39, 0.29) is 12.2 Å². The van der Waals surface area contributed by atoms with Gasteiger partial charge in [0.1, 0.15) is 0 Å². The second-order valence-corrected chi connectivity index (χ2v) is 3.19. The Hall–Kier alpha value is -1.46. The molecular formula is C9H12N2O3. The molecule has 0 bridgehead atoms. The van der Waals surface area contributed by atoms with E-state index < -0.39 is 4.92 Å². The molecule has 1 rings (SSSR count). The van der Waals surface area contributed by atoms with Gasteiger partial charge in [0.2, 0.25) is 0 Å². The Morgan fingerprint density at radius 2 is 2.21 bits per heavy atom. The van der Waals surface area contributed by atoms with E-state index in [1.807, 2.05) is 0 Å². The molecule has 5 nitrogen and oxygen atoms in total. The molecule has 0 atom stereocenters. The van der Waals surface area contributed by atoms with Gasteiger partial charge in [-0.05, 0) is 12.5 Å². The van der Waals surface area contributed by atoms with Gasteiger partial charge < -0.3 is 5.21 Å². The maximum atomic E-state index is 10.6. The summed E-state index contributed by atoms with van der Waals surface area (Å²) in [5.74, 6) is 0. The first-order chi connectivity index (χ1) is 6.50. The Morgan fingerprint density at radius 1 is 1.57 bits per heavy atom. The number of benzene rings is 1. The van der Waals surface area contributed by atoms with Crippen molar-refractivity contribution < 1.29 is 10.1 Å². The van der Waals surface area contributed by atoms with E-state index in [2.05, 4.69) is 0 Å². The average molecular weight is 196 g/mol. The SMILES string of the molecule is Cc1ccc(CN(C)O)cc1[N+](=O)[O-]. The maximum absolute atomic E-state index is 10.6. The Balaban J connectivity index is 3.00. The standard InChI is InChI=1S/C9H12N2O3/c1-7-3-4-8(6-10(2)12)5-9(7)11(13)14/h3-5,12H,6H2,1-2H3. The quantitative estimate of drug-likeness (QED) is 0.590. The number of hydrogen-bond donors (Lipinski definition) is 1. The van der Waals surface area contributed by atoms with Crippen LogP contribution in [0.25, 0.3) is 0 Å². The van der Waals surface area contributed by atoms with Gasteiger partial charge in [0.05, 0.1) is 4.92 Å². The first-order valence-corrected chi connectivity index (χ1v) is 4.14. The Bertz CT molecular complexity index is 350. The molecule has 14 heavy (non-hydrogen) atoms. The molecule has 0 aliphatic carbocycles. The van der Waals surface area contributed by atoms with Crippen molar-refractivity contribution in [3.05, 3.63) is 39.4 Å². The van der Waals surface area contributed by atoms with Crippen molar-refractivity contribution in [1.29, 1.82) is 0 Å². The van der Waals surface area contributed by atoms with Crippen LogP contribution in [0.5, 0.6) is 0 Å². The minimum Gasteiger partial charge on any atom is -0.314 e. The summed E-state index contributed by atoms with van der Waals surface area (Å²) >= 11 is 0. The summed E-state index contributed by atoms with van der Waals surface area (Å²) in [7, 11) is 1.49. The third-order valence-corrected chi connectivity index (χ3v) is 1.88. The summed E-state index contributed by atoms with van der Waals surface area (Å²) in [6.07, 6.45) is 0. The first kappa shape index (κ1) is 10.6. The van der Waals surface area contributed by atoms with E-state index >= 15 is 0 Å². The van der Waals surface area contributed by atoms with Crippen molar-refractivity contribution in [2.75, 3.05) is 7.05 Å². The van der Waals surface area contributed by atoms with Crippen molar-refractivity contribution in [3.8, 4) is 0 Å². The largest absolute Gasteiger partial charge is 0.314 e. The molecule has 76 valence electrons. The summed E-state index contributed by atoms with van der Waals surface area (Å²) in [6.45, 7) is 1.96. The molecule has 5 heteroatoms. The minimum atomic E-state index is -0.420. The molecule has 1 aromatic rings. The average Bonchev–Trinajstić information content (AvgIpc) is 2.07. The summed E-state index contributed by atoms with van der Waals surface area (Å²) in [4.78, 5) is 10.2. The Morgan fingerprint density at radius 3 is 2.71 bits per heavy atom. The lowest BCUT2D eigenvalue weighted by atomic mass is 10.1. The predicted molar refractivity (Wildman–Crippen MR) is 51.1 cm³/mol. The molecule has 1 aromatic carbocycles. The van der Waals surface area contributed by atoms with E-state index in [4.69, 9.17) is 5.21 Å². The monoisotopic (exact) mass is 196 g/mol. The van der Waals surface area contributed by atoms with Gasteiger partial charge in [-0.2, -0.15) is 5.06 Å². The van der Waals surface area contributed by atoms with Gasteiger partial charge in [-0.1, -0.05) is 12.1 Å². The van der Waals surface area contributed by atoms with Crippen molar-refractivity contribution in [1.82, 2.24) is 5.06 Å². The van der Waals surface area contributed by atoms with Crippen LogP contribution < -0.4 is 0 Å². The van der Waals surface area contributed by atoms with Crippen LogP contribution in [-0.2, 0) is 6.54 Å². The lowest BCUT2D eigenvalue weighted by Crippen LogP contribution is -2.11. The van der Waals surface area contributed by atoms with Crippen LogP contribution in [0, 0.1) is 17.0 Å². The number of rotatable bonds is 3. The van der Waals surface area contributed by atoms with Crippen LogP contribution >= 0.6 is 0 Å². The second kappa shape index (κ2) is 4.17. The zero-order chi connectivity index (χ0) is 10.7. The van der Waals surface area contributed by atoms with Crippen molar-refractivity contribution in [2.24, 2.45) is 0 Å². The van der Waals surface area contributed by atoms with E-state index in [9.17, 15) is 10.1 Å². The van der Waals surface area contributed by atoms with Crippen LogP contribution in [0.2, 0.25) is 0 Å². The van der Waals surface area contributed by atoms with E-state index in [1.165, 1.54) is 13.1 Å². The van der Waals surface area contributed by atoms with Crippen LogP contribution in [0.1, 0.15) is 11.1 Å². The Labute approximate surface area is 81.7 Å². The fourth-order valence-corrected chi connectivity index (χ4v) is 1.21. The molecule has 0 aliphatic heterocycles. The van der Waals surface area contributed by atoms with E-state index in [0.29, 0.717) is 11.1 Å². The fourth-order valence-electron chi connectivity index (χ4n) is 1.21. The summed E-state index contributed by atoms with van der Waals surface area (Å²) < 4.78 is 0. The molecule has 0 amide bonds. The molecule has 0 unspecified atom stereocenters. The van der Waals surface area contributed by atoms with Crippen LogP contribution in [-0.4, -0.2) is 22.2 Å². The highest BCUT2D eigenvalue weighted by atomic mass is 16.6. The maximum Gasteiger partial charge on any atom is 0.272 e. The normalized spacial score (nSPS) is 10.6. The zero-order valence-corrected chi connectivity index (χ0v) is 8.10. The first-order valence-electron chi connectivity index (χ1n) is 4.14. The molecule has 0 heterocycles. The van der Waals surface area contributed by atoms with Crippen LogP contribution in [0.15, 0.2) is 18.2 Å². The van der Waals surface area contributed by atoms with E-state index in [0.717, 1.165) is 5.06 Å². The van der Waals surface area contributed by atoms with Gasteiger partial charge in [-0.3, -0.25) is 10.1 Å². The molecular weight excluding hydrogens is 184 g/mol. The number of hydrogen-bond acceptors (Lipinski definition) is 4. The fraction of sp³-hybridized carbons (Fsp3) is 0.333. The molecule has 0 spiro atoms. The van der Waals surface area contributed by atoms with Gasteiger partial charge in [0.15, 0.2) is 0 Å². The highest BCUT2D eigenvalue weighted by molar-refractivity contribution is 5.42. The lowest BCUT2D eigenvalue weighted by molar-refractivity contribution is -0.385. The van der Waals surface area contributed by atoms with Gasteiger partial charge in [-0.25, -0.2) is 0 Å². The van der Waals surface area contributed by atoms with Gasteiger partial charge in [-0.15, -0.1) is 0 Å². The molecule has 0 saturated heterocycles. The number of aryl methyl sites for hydroxylation is 1. The molecule has 0 radical (unpaired) electrons. The van der Waals surface area contributed by atoms with Crippen molar-refractivity contribution >= 4 is 5.69 Å². The number of nitro benzene ring substituents is 1. The Kier molecular flexibility index (Phi) is 3.16. The number of hydroxylamine groups is 2. The van der Waals surface area contributed by atoms with Crippen molar-refractivity contribution in [2.45, 2.75) is 13.5 Å². The van der Waals surface area contributed by atoms with Crippen LogP contribution in [0.3, 0.4) is 0 Å². The summed E-state index contributed by atoms with van der Waals surface area (Å²) in [5.41, 5.74) is 1.43. The lowest BCUT2D eigenvalue weighted by Gasteiger charge is -2.08. The molecule has 0 aliphatic rings. The molecule has 0 saturated carbocycles. The molecule has 1 N–H and O–H groups in total.